The quantitative estimate of drug-likeness (QED) is 0.787. The molecule has 0 fully saturated rings. The van der Waals surface area contributed by atoms with Crippen LogP contribution in [0.1, 0.15) is 65.0 Å². The van der Waals surface area contributed by atoms with Crippen LogP contribution in [-0.2, 0) is 6.61 Å². The van der Waals surface area contributed by atoms with Crippen LogP contribution in [0, 0.1) is 0 Å². The molecule has 0 aliphatic heterocycles. The Morgan fingerprint density at radius 2 is 1.75 bits per heavy atom. The van der Waals surface area contributed by atoms with Crippen LogP contribution < -0.4 is 5.32 Å². The van der Waals surface area contributed by atoms with Gasteiger partial charge in [0, 0.05) is 17.6 Å². The molecule has 1 aromatic rings. The summed E-state index contributed by atoms with van der Waals surface area (Å²) in [5.41, 5.74) is 1.82. The molecule has 0 aliphatic rings. The van der Waals surface area contributed by atoms with Crippen molar-refractivity contribution in [3.05, 3.63) is 29.3 Å². The maximum atomic E-state index is 9.50. The highest BCUT2D eigenvalue weighted by Crippen LogP contribution is 2.23. The number of nitrogens with one attached hydrogen (secondary N) is 1. The van der Waals surface area contributed by atoms with Crippen molar-refractivity contribution in [3.63, 3.8) is 0 Å². The number of hydrogen-bond acceptors (Lipinski definition) is 3. The molecule has 3 N–H and O–H groups in total. The Hall–Kier alpha value is -1.06. The summed E-state index contributed by atoms with van der Waals surface area (Å²) in [5, 5.41) is 22.1. The van der Waals surface area contributed by atoms with Crippen LogP contribution in [0.25, 0.3) is 0 Å². The summed E-state index contributed by atoms with van der Waals surface area (Å²) in [6, 6.07) is 5.42. The molecule has 3 heteroatoms. The summed E-state index contributed by atoms with van der Waals surface area (Å²) in [5.74, 6) is 0.507. The zero-order valence-corrected chi connectivity index (χ0v) is 13.8. The zero-order chi connectivity index (χ0) is 15.8. The second-order valence-electron chi connectivity index (χ2n) is 6.29. The second kappa shape index (κ2) is 8.98. The summed E-state index contributed by atoms with van der Waals surface area (Å²) in [7, 11) is 0. The summed E-state index contributed by atoms with van der Waals surface area (Å²) in [6.07, 6.45) is 1.25. The number of aliphatic hydroxyl groups is 1. The molecule has 116 valence electrons. The lowest BCUT2D eigenvalue weighted by Gasteiger charge is -2.24. The van der Waals surface area contributed by atoms with Crippen molar-refractivity contribution in [3.8, 4) is 5.75 Å². The van der Waals surface area contributed by atoms with E-state index >= 15 is 0 Å². The molecule has 0 spiro atoms. The smallest absolute Gasteiger partial charge is 0.121 e. The van der Waals surface area contributed by atoms with Crippen LogP contribution in [0.4, 0.5) is 0 Å². The summed E-state index contributed by atoms with van der Waals surface area (Å²) < 4.78 is 0. The molecule has 1 rings (SSSR count). The van der Waals surface area contributed by atoms with Gasteiger partial charge in [-0.3, -0.25) is 0 Å². The summed E-state index contributed by atoms with van der Waals surface area (Å²) in [4.78, 5) is 0. The fourth-order valence-electron chi connectivity index (χ4n) is 1.62. The van der Waals surface area contributed by atoms with E-state index in [2.05, 4.69) is 46.9 Å². The second-order valence-corrected chi connectivity index (χ2v) is 6.29. The normalized spacial score (nSPS) is 12.6. The average molecular weight is 281 g/mol. The maximum Gasteiger partial charge on any atom is 0.121 e. The molecular weight excluding hydrogens is 250 g/mol. The van der Waals surface area contributed by atoms with Crippen LogP contribution in [0.3, 0.4) is 0 Å². The lowest BCUT2D eigenvalue weighted by molar-refractivity contribution is 0.275. The Kier molecular flexibility index (Phi) is 8.51. The number of aromatic hydroxyl groups is 1. The Balaban J connectivity index is 0.00000110. The number of phenols is 1. The molecule has 0 aromatic heterocycles. The molecule has 0 saturated heterocycles. The molecular formula is C17H31NO2. The van der Waals surface area contributed by atoms with Crippen molar-refractivity contribution in [1.82, 2.24) is 5.32 Å². The molecule has 0 bridgehead atoms. The van der Waals surface area contributed by atoms with Gasteiger partial charge >= 0.3 is 0 Å². The van der Waals surface area contributed by atoms with Gasteiger partial charge in [-0.25, -0.2) is 0 Å². The van der Waals surface area contributed by atoms with Crippen molar-refractivity contribution in [2.45, 2.75) is 66.0 Å². The summed E-state index contributed by atoms with van der Waals surface area (Å²) in [6.45, 7) is 13.5. The molecule has 0 heterocycles. The van der Waals surface area contributed by atoms with E-state index in [0.717, 1.165) is 12.1 Å². The SMILES string of the molecule is CC(CNC(C)(C)C)c1ccc(O)c(CO)c1.CCC. The lowest BCUT2D eigenvalue weighted by atomic mass is 9.97. The van der Waals surface area contributed by atoms with Crippen molar-refractivity contribution in [2.75, 3.05) is 6.54 Å². The predicted octanol–water partition coefficient (Wildman–Crippen LogP) is 3.79. The predicted molar refractivity (Wildman–Crippen MR) is 86.2 cm³/mol. The highest BCUT2D eigenvalue weighted by Gasteiger charge is 2.13. The third kappa shape index (κ3) is 7.51. The Morgan fingerprint density at radius 3 is 2.20 bits per heavy atom. The highest BCUT2D eigenvalue weighted by atomic mass is 16.3. The molecule has 1 atom stereocenters. The van der Waals surface area contributed by atoms with Crippen LogP contribution in [0.2, 0.25) is 0 Å². The van der Waals surface area contributed by atoms with Gasteiger partial charge in [-0.15, -0.1) is 0 Å². The Morgan fingerprint density at radius 1 is 1.20 bits per heavy atom. The average Bonchev–Trinajstić information content (AvgIpc) is 2.36. The molecule has 20 heavy (non-hydrogen) atoms. The van der Waals surface area contributed by atoms with E-state index < -0.39 is 0 Å². The number of benzene rings is 1. The van der Waals surface area contributed by atoms with Gasteiger partial charge in [0.2, 0.25) is 0 Å². The lowest BCUT2D eigenvalue weighted by Crippen LogP contribution is -2.38. The standard InChI is InChI=1S/C14H23NO2.C3H8/c1-10(8-15-14(2,3)4)11-5-6-13(17)12(7-11)9-16;1-3-2/h5-7,10,15-17H,8-9H2,1-4H3;3H2,1-2H3. The first-order valence-electron chi connectivity index (χ1n) is 7.42. The van der Waals surface area contributed by atoms with Gasteiger partial charge in [-0.2, -0.15) is 0 Å². The molecule has 1 unspecified atom stereocenters. The van der Waals surface area contributed by atoms with Crippen LogP contribution in [-0.4, -0.2) is 22.3 Å². The van der Waals surface area contributed by atoms with Gasteiger partial charge < -0.3 is 15.5 Å². The van der Waals surface area contributed by atoms with Gasteiger partial charge in [-0.1, -0.05) is 33.3 Å². The number of hydrogen-bond donors (Lipinski definition) is 3. The minimum atomic E-state index is -0.126. The van der Waals surface area contributed by atoms with E-state index in [0.29, 0.717) is 11.5 Å². The largest absolute Gasteiger partial charge is 0.508 e. The van der Waals surface area contributed by atoms with Crippen molar-refractivity contribution >= 4 is 0 Å². The molecule has 0 radical (unpaired) electrons. The fraction of sp³-hybridized carbons (Fsp3) is 0.647. The first-order valence-corrected chi connectivity index (χ1v) is 7.42. The van der Waals surface area contributed by atoms with Crippen molar-refractivity contribution in [2.24, 2.45) is 0 Å². The monoisotopic (exact) mass is 281 g/mol. The molecule has 0 saturated carbocycles. The van der Waals surface area contributed by atoms with Crippen LogP contribution in [0.15, 0.2) is 18.2 Å². The minimum absolute atomic E-state index is 0.102. The zero-order valence-electron chi connectivity index (χ0n) is 13.8. The van der Waals surface area contributed by atoms with E-state index in [1.54, 1.807) is 6.07 Å². The van der Waals surface area contributed by atoms with Crippen LogP contribution >= 0.6 is 0 Å². The fourth-order valence-corrected chi connectivity index (χ4v) is 1.62. The Bertz CT molecular complexity index is 383. The first kappa shape index (κ1) is 18.9. The maximum absolute atomic E-state index is 9.50. The van der Waals surface area contributed by atoms with Gasteiger partial charge in [-0.05, 0) is 44.4 Å². The van der Waals surface area contributed by atoms with Gasteiger partial charge in [0.05, 0.1) is 6.61 Å². The molecule has 0 amide bonds. The molecule has 1 aromatic carbocycles. The molecule has 0 aliphatic carbocycles. The highest BCUT2D eigenvalue weighted by molar-refractivity contribution is 5.37. The van der Waals surface area contributed by atoms with Crippen molar-refractivity contribution < 1.29 is 10.2 Å². The minimum Gasteiger partial charge on any atom is -0.508 e. The summed E-state index contributed by atoms with van der Waals surface area (Å²) >= 11 is 0. The van der Waals surface area contributed by atoms with E-state index in [-0.39, 0.29) is 17.9 Å². The third-order valence-electron chi connectivity index (χ3n) is 2.78. The van der Waals surface area contributed by atoms with E-state index in [4.69, 9.17) is 5.11 Å². The van der Waals surface area contributed by atoms with E-state index in [1.807, 2.05) is 12.1 Å². The topological polar surface area (TPSA) is 52.5 Å². The number of aliphatic hydroxyl groups excluding tert-OH is 1. The van der Waals surface area contributed by atoms with E-state index in [1.165, 1.54) is 6.42 Å². The van der Waals surface area contributed by atoms with Crippen molar-refractivity contribution in [1.29, 1.82) is 0 Å². The molecule has 3 nitrogen and oxygen atoms in total. The van der Waals surface area contributed by atoms with Gasteiger partial charge in [0.1, 0.15) is 5.75 Å². The first-order chi connectivity index (χ1) is 9.25. The van der Waals surface area contributed by atoms with E-state index in [9.17, 15) is 5.11 Å². The van der Waals surface area contributed by atoms with Gasteiger partial charge in [0.25, 0.3) is 0 Å². The Labute approximate surface area is 124 Å². The third-order valence-corrected chi connectivity index (χ3v) is 2.78. The van der Waals surface area contributed by atoms with Gasteiger partial charge in [0.15, 0.2) is 0 Å². The number of rotatable bonds is 4. The van der Waals surface area contributed by atoms with Crippen LogP contribution in [0.5, 0.6) is 5.75 Å².